The van der Waals surface area contributed by atoms with E-state index in [4.69, 9.17) is 4.74 Å². The summed E-state index contributed by atoms with van der Waals surface area (Å²) in [5.41, 5.74) is 1.10. The first kappa shape index (κ1) is 26.7. The van der Waals surface area contributed by atoms with E-state index in [9.17, 15) is 14.4 Å². The number of hydrogen-bond donors (Lipinski definition) is 2. The summed E-state index contributed by atoms with van der Waals surface area (Å²) < 4.78 is 5.43. The van der Waals surface area contributed by atoms with Gasteiger partial charge in [0.05, 0.1) is 0 Å². The fraction of sp³-hybridized carbons (Fsp3) is 0.345. The van der Waals surface area contributed by atoms with E-state index in [0.29, 0.717) is 6.42 Å². The van der Waals surface area contributed by atoms with Crippen LogP contribution < -0.4 is 10.6 Å². The Morgan fingerprint density at radius 1 is 0.861 bits per heavy atom. The molecule has 3 amide bonds. The van der Waals surface area contributed by atoms with Gasteiger partial charge < -0.3 is 20.3 Å². The minimum Gasteiger partial charge on any atom is -0.444 e. The maximum atomic E-state index is 13.7. The van der Waals surface area contributed by atoms with Gasteiger partial charge >= 0.3 is 6.09 Å². The van der Waals surface area contributed by atoms with Crippen molar-refractivity contribution < 1.29 is 19.1 Å². The number of rotatable bonds is 8. The predicted octanol–water partition coefficient (Wildman–Crippen LogP) is 4.09. The number of hydrogen-bond acceptors (Lipinski definition) is 4. The van der Waals surface area contributed by atoms with Crippen LogP contribution in [0.25, 0.3) is 10.8 Å². The molecule has 3 aromatic rings. The lowest BCUT2D eigenvalue weighted by molar-refractivity contribution is -0.140. The first-order valence-corrected chi connectivity index (χ1v) is 12.1. The molecule has 0 saturated heterocycles. The summed E-state index contributed by atoms with van der Waals surface area (Å²) >= 11 is 0. The van der Waals surface area contributed by atoms with E-state index in [1.54, 1.807) is 34.9 Å². The van der Waals surface area contributed by atoms with Crippen LogP contribution in [0.1, 0.15) is 31.9 Å². The highest BCUT2D eigenvalue weighted by Crippen LogP contribution is 2.18. The fourth-order valence-corrected chi connectivity index (χ4v) is 4.06. The van der Waals surface area contributed by atoms with Crippen LogP contribution in [0.2, 0.25) is 0 Å². The van der Waals surface area contributed by atoms with Crippen LogP contribution in [0.3, 0.4) is 0 Å². The summed E-state index contributed by atoms with van der Waals surface area (Å²) in [5.74, 6) is -0.657. The predicted molar refractivity (Wildman–Crippen MR) is 142 cm³/mol. The van der Waals surface area contributed by atoms with Gasteiger partial charge in [-0.3, -0.25) is 9.59 Å². The van der Waals surface area contributed by atoms with Crippen LogP contribution in [0, 0.1) is 0 Å². The first-order chi connectivity index (χ1) is 17.1. The average molecular weight is 490 g/mol. The zero-order valence-electron chi connectivity index (χ0n) is 21.6. The second-order valence-electron chi connectivity index (χ2n) is 9.85. The number of nitrogens with zero attached hydrogens (tertiary/aromatic N) is 1. The summed E-state index contributed by atoms with van der Waals surface area (Å²) in [6, 6.07) is 21.7. The molecule has 0 aromatic heterocycles. The van der Waals surface area contributed by atoms with Gasteiger partial charge in [0, 0.05) is 26.9 Å². The van der Waals surface area contributed by atoms with Crippen molar-refractivity contribution in [3.8, 4) is 0 Å². The Morgan fingerprint density at radius 3 is 2.14 bits per heavy atom. The Hall–Kier alpha value is -3.87. The summed E-state index contributed by atoms with van der Waals surface area (Å²) in [6.45, 7) is 5.29. The molecule has 0 aliphatic carbocycles. The molecular formula is C29H35N3O4. The molecule has 0 radical (unpaired) electrons. The minimum atomic E-state index is -0.922. The Balaban J connectivity index is 1.88. The molecule has 2 atom stereocenters. The second-order valence-corrected chi connectivity index (χ2v) is 9.85. The summed E-state index contributed by atoms with van der Waals surface area (Å²) in [7, 11) is 3.14. The topological polar surface area (TPSA) is 87.7 Å². The molecule has 190 valence electrons. The number of carbonyl (C=O) groups is 3. The molecule has 0 bridgehead atoms. The summed E-state index contributed by atoms with van der Waals surface area (Å²) in [4.78, 5) is 40.6. The number of ether oxygens (including phenoxy) is 1. The molecule has 0 saturated carbocycles. The fourth-order valence-electron chi connectivity index (χ4n) is 4.06. The van der Waals surface area contributed by atoms with Gasteiger partial charge in [-0.15, -0.1) is 0 Å². The highest BCUT2D eigenvalue weighted by Gasteiger charge is 2.33. The number of amides is 3. The van der Waals surface area contributed by atoms with Crippen molar-refractivity contribution in [1.82, 2.24) is 15.5 Å². The number of fused-ring (bicyclic) bond motifs is 1. The van der Waals surface area contributed by atoms with E-state index >= 15 is 0 Å². The van der Waals surface area contributed by atoms with E-state index in [0.717, 1.165) is 21.9 Å². The lowest BCUT2D eigenvalue weighted by Crippen LogP contribution is -2.55. The maximum Gasteiger partial charge on any atom is 0.408 e. The van der Waals surface area contributed by atoms with Crippen molar-refractivity contribution in [2.24, 2.45) is 0 Å². The molecule has 3 rings (SSSR count). The van der Waals surface area contributed by atoms with Gasteiger partial charge in [-0.1, -0.05) is 72.8 Å². The highest BCUT2D eigenvalue weighted by atomic mass is 16.6. The summed E-state index contributed by atoms with van der Waals surface area (Å²) in [5, 5.41) is 7.53. The average Bonchev–Trinajstić information content (AvgIpc) is 2.85. The van der Waals surface area contributed by atoms with Crippen molar-refractivity contribution in [3.05, 3.63) is 83.9 Å². The highest BCUT2D eigenvalue weighted by molar-refractivity contribution is 5.91. The third kappa shape index (κ3) is 7.31. The number of benzene rings is 3. The molecule has 0 aliphatic rings. The third-order valence-electron chi connectivity index (χ3n) is 5.88. The first-order valence-electron chi connectivity index (χ1n) is 12.1. The lowest BCUT2D eigenvalue weighted by Gasteiger charge is -2.31. The van der Waals surface area contributed by atoms with Gasteiger partial charge in [-0.2, -0.15) is 0 Å². The van der Waals surface area contributed by atoms with Gasteiger partial charge in [-0.25, -0.2) is 4.79 Å². The molecule has 0 fully saturated rings. The van der Waals surface area contributed by atoms with Crippen molar-refractivity contribution in [1.29, 1.82) is 0 Å². The molecule has 2 N–H and O–H groups in total. The van der Waals surface area contributed by atoms with Crippen molar-refractivity contribution in [3.63, 3.8) is 0 Å². The Bertz CT molecular complexity index is 1200. The molecule has 0 unspecified atom stereocenters. The van der Waals surface area contributed by atoms with Crippen LogP contribution in [0.5, 0.6) is 0 Å². The normalized spacial score (nSPS) is 12.9. The zero-order chi connectivity index (χ0) is 26.3. The van der Waals surface area contributed by atoms with Crippen LogP contribution in [-0.4, -0.2) is 54.6 Å². The van der Waals surface area contributed by atoms with Gasteiger partial charge in [0.1, 0.15) is 17.7 Å². The van der Waals surface area contributed by atoms with Gasteiger partial charge in [-0.05, 0) is 42.7 Å². The molecular weight excluding hydrogens is 454 g/mol. The molecule has 7 nitrogen and oxygen atoms in total. The van der Waals surface area contributed by atoms with Crippen molar-refractivity contribution >= 4 is 28.7 Å². The maximum absolute atomic E-state index is 13.7. The number of carbonyl (C=O) groups excluding carboxylic acids is 3. The van der Waals surface area contributed by atoms with Gasteiger partial charge in [0.25, 0.3) is 0 Å². The molecule has 3 aromatic carbocycles. The van der Waals surface area contributed by atoms with Crippen molar-refractivity contribution in [2.75, 3.05) is 14.1 Å². The molecule has 36 heavy (non-hydrogen) atoms. The molecule has 7 heteroatoms. The number of alkyl carbamates (subject to hydrolysis) is 1. The van der Waals surface area contributed by atoms with Crippen LogP contribution in [-0.2, 0) is 27.2 Å². The largest absolute Gasteiger partial charge is 0.444 e. The minimum absolute atomic E-state index is 0.249. The Morgan fingerprint density at radius 2 is 1.50 bits per heavy atom. The second kappa shape index (κ2) is 11.7. The third-order valence-corrected chi connectivity index (χ3v) is 5.88. The lowest BCUT2D eigenvalue weighted by atomic mass is 9.99. The quantitative estimate of drug-likeness (QED) is 0.499. The van der Waals surface area contributed by atoms with Crippen molar-refractivity contribution in [2.45, 2.75) is 51.3 Å². The molecule has 0 aliphatic heterocycles. The van der Waals surface area contributed by atoms with E-state index in [-0.39, 0.29) is 18.2 Å². The number of nitrogens with one attached hydrogen (secondary N) is 2. The standard InChI is InChI=1S/C29H35N3O4/c1-29(2,3)36-28(35)31-24(18-21-15-16-22-13-9-10-14-23(22)17-21)27(34)32(5)25(26(33)30-4)19-20-11-7-6-8-12-20/h6-17,24-25H,18-19H2,1-5H3,(H,30,33)(H,31,35)/t24-,25-/m1/s1. The monoisotopic (exact) mass is 489 g/mol. The van der Waals surface area contributed by atoms with E-state index in [1.807, 2.05) is 72.8 Å². The number of likely N-dealkylation sites (N-methyl/N-ethyl adjacent to an activating group) is 2. The van der Waals surface area contributed by atoms with Gasteiger partial charge in [0.2, 0.25) is 11.8 Å². The SMILES string of the molecule is CNC(=O)[C@@H](Cc1ccccc1)N(C)C(=O)[C@@H](Cc1ccc2ccccc2c1)NC(=O)OC(C)(C)C. The Kier molecular flexibility index (Phi) is 8.69. The van der Waals surface area contributed by atoms with E-state index in [1.165, 1.54) is 4.90 Å². The smallest absolute Gasteiger partial charge is 0.408 e. The zero-order valence-corrected chi connectivity index (χ0v) is 21.6. The van der Waals surface area contributed by atoms with E-state index in [2.05, 4.69) is 10.6 Å². The van der Waals surface area contributed by atoms with Gasteiger partial charge in [0.15, 0.2) is 0 Å². The molecule has 0 spiro atoms. The Labute approximate surface area is 212 Å². The molecule has 0 heterocycles. The van der Waals surface area contributed by atoms with E-state index < -0.39 is 23.8 Å². The van der Waals surface area contributed by atoms with Crippen LogP contribution in [0.15, 0.2) is 72.8 Å². The van der Waals surface area contributed by atoms with Crippen LogP contribution in [0.4, 0.5) is 4.79 Å². The summed E-state index contributed by atoms with van der Waals surface area (Å²) in [6.07, 6.45) is -0.0914. The van der Waals surface area contributed by atoms with Crippen LogP contribution >= 0.6 is 0 Å².